The lowest BCUT2D eigenvalue weighted by molar-refractivity contribution is -0.192. The second kappa shape index (κ2) is 5.95. The van der Waals surface area contributed by atoms with Crippen molar-refractivity contribution in [2.75, 3.05) is 24.7 Å². The predicted molar refractivity (Wildman–Crippen MR) is 82.5 cm³/mol. The van der Waals surface area contributed by atoms with Gasteiger partial charge in [-0.05, 0) is 31.9 Å². The summed E-state index contributed by atoms with van der Waals surface area (Å²) in [7, 11) is 0. The fourth-order valence-corrected chi connectivity index (χ4v) is 3.66. The molecule has 0 amide bonds. The Labute approximate surface area is 126 Å². The third kappa shape index (κ3) is 2.80. The first-order valence-electron chi connectivity index (χ1n) is 7.93. The monoisotopic (exact) mass is 291 g/mol. The van der Waals surface area contributed by atoms with Crippen molar-refractivity contribution in [3.8, 4) is 0 Å². The summed E-state index contributed by atoms with van der Waals surface area (Å²) in [6.07, 6.45) is 1.92. The maximum atomic E-state index is 10.5. The summed E-state index contributed by atoms with van der Waals surface area (Å²) in [5.41, 5.74) is 2.43. The number of anilines is 1. The molecule has 1 N–H and O–H groups in total. The minimum Gasteiger partial charge on any atom is -0.391 e. The summed E-state index contributed by atoms with van der Waals surface area (Å²) in [6.45, 7) is 6.45. The lowest BCUT2D eigenvalue weighted by Gasteiger charge is -2.45. The number of para-hydroxylation sites is 1. The Balaban J connectivity index is 1.86. The largest absolute Gasteiger partial charge is 0.391 e. The second-order valence-corrected chi connectivity index (χ2v) is 6.06. The van der Waals surface area contributed by atoms with E-state index in [1.165, 1.54) is 11.3 Å². The highest BCUT2D eigenvalue weighted by atomic mass is 16.7. The lowest BCUT2D eigenvalue weighted by atomic mass is 9.86. The first-order valence-corrected chi connectivity index (χ1v) is 7.93. The van der Waals surface area contributed by atoms with Crippen LogP contribution in [0, 0.1) is 6.92 Å². The van der Waals surface area contributed by atoms with Crippen molar-refractivity contribution in [1.29, 1.82) is 0 Å². The van der Waals surface area contributed by atoms with Crippen LogP contribution in [0.4, 0.5) is 5.69 Å². The number of aliphatic hydroxyl groups is 1. The molecule has 2 fully saturated rings. The van der Waals surface area contributed by atoms with E-state index in [0.717, 1.165) is 25.8 Å². The van der Waals surface area contributed by atoms with Crippen LogP contribution in [0.3, 0.4) is 0 Å². The molecule has 0 bridgehead atoms. The van der Waals surface area contributed by atoms with Gasteiger partial charge >= 0.3 is 0 Å². The summed E-state index contributed by atoms with van der Waals surface area (Å²) < 4.78 is 11.7. The van der Waals surface area contributed by atoms with E-state index < -0.39 is 5.79 Å². The van der Waals surface area contributed by atoms with Crippen LogP contribution < -0.4 is 4.90 Å². The molecule has 1 heterocycles. The van der Waals surface area contributed by atoms with Crippen LogP contribution in [0.5, 0.6) is 0 Å². The number of rotatable bonds is 3. The molecule has 1 aromatic carbocycles. The highest BCUT2D eigenvalue weighted by Crippen LogP contribution is 2.39. The van der Waals surface area contributed by atoms with Crippen molar-refractivity contribution in [1.82, 2.24) is 0 Å². The van der Waals surface area contributed by atoms with Gasteiger partial charge in [0.05, 0.1) is 25.4 Å². The normalized spacial score (nSPS) is 28.0. The van der Waals surface area contributed by atoms with E-state index in [4.69, 9.17) is 9.47 Å². The van der Waals surface area contributed by atoms with Crippen LogP contribution in [0.15, 0.2) is 24.3 Å². The number of nitrogens with zero attached hydrogens (tertiary/aromatic N) is 1. The zero-order chi connectivity index (χ0) is 14.9. The number of hydrogen-bond donors (Lipinski definition) is 1. The quantitative estimate of drug-likeness (QED) is 0.929. The molecule has 1 spiro atoms. The Hall–Kier alpha value is -1.10. The van der Waals surface area contributed by atoms with Gasteiger partial charge in [-0.2, -0.15) is 0 Å². The van der Waals surface area contributed by atoms with Gasteiger partial charge in [-0.3, -0.25) is 0 Å². The van der Waals surface area contributed by atoms with Crippen LogP contribution >= 0.6 is 0 Å². The van der Waals surface area contributed by atoms with Gasteiger partial charge in [0.25, 0.3) is 0 Å². The van der Waals surface area contributed by atoms with Gasteiger partial charge in [-0.1, -0.05) is 18.2 Å². The first-order chi connectivity index (χ1) is 10.2. The zero-order valence-electron chi connectivity index (χ0n) is 12.9. The van der Waals surface area contributed by atoms with Crippen LogP contribution in [0.25, 0.3) is 0 Å². The number of ether oxygens (including phenoxy) is 2. The molecule has 2 unspecified atom stereocenters. The van der Waals surface area contributed by atoms with Gasteiger partial charge in [0.1, 0.15) is 0 Å². The van der Waals surface area contributed by atoms with Crippen LogP contribution in [-0.2, 0) is 9.47 Å². The SMILES string of the molecule is CCN(c1ccccc1C)C1CC2(CCC1O)OCCO2. The smallest absolute Gasteiger partial charge is 0.170 e. The standard InChI is InChI=1S/C17H25NO3/c1-3-18(14-7-5-4-6-13(14)2)15-12-17(9-8-16(15)19)20-10-11-21-17/h4-7,15-16,19H,3,8-12H2,1-2H3. The molecule has 1 aliphatic heterocycles. The van der Waals surface area contributed by atoms with E-state index in [0.29, 0.717) is 13.2 Å². The first kappa shape index (κ1) is 14.8. The van der Waals surface area contributed by atoms with E-state index in [9.17, 15) is 5.11 Å². The average Bonchev–Trinajstić information content (AvgIpc) is 2.94. The summed E-state index contributed by atoms with van der Waals surface area (Å²) >= 11 is 0. The number of likely N-dealkylation sites (N-methyl/N-ethyl adjacent to an activating group) is 1. The van der Waals surface area contributed by atoms with Crippen LogP contribution in [0.1, 0.15) is 31.7 Å². The van der Waals surface area contributed by atoms with Crippen molar-refractivity contribution in [2.24, 2.45) is 0 Å². The van der Waals surface area contributed by atoms with Gasteiger partial charge in [-0.15, -0.1) is 0 Å². The van der Waals surface area contributed by atoms with Crippen LogP contribution in [-0.4, -0.2) is 42.8 Å². The second-order valence-electron chi connectivity index (χ2n) is 6.06. The zero-order valence-corrected chi connectivity index (χ0v) is 12.9. The molecule has 0 radical (unpaired) electrons. The summed E-state index contributed by atoms with van der Waals surface area (Å²) in [6, 6.07) is 8.39. The summed E-state index contributed by atoms with van der Waals surface area (Å²) in [5.74, 6) is -0.472. The molecule has 3 rings (SSSR count). The fourth-order valence-electron chi connectivity index (χ4n) is 3.66. The molecular formula is C17H25NO3. The molecule has 2 atom stereocenters. The minimum absolute atomic E-state index is 0.0444. The van der Waals surface area contributed by atoms with Gasteiger partial charge in [0, 0.05) is 25.1 Å². The number of hydrogen-bond acceptors (Lipinski definition) is 4. The van der Waals surface area contributed by atoms with Crippen molar-refractivity contribution in [2.45, 2.75) is 51.0 Å². The van der Waals surface area contributed by atoms with Crippen molar-refractivity contribution in [3.63, 3.8) is 0 Å². The highest BCUT2D eigenvalue weighted by molar-refractivity contribution is 5.54. The third-order valence-corrected chi connectivity index (χ3v) is 4.76. The van der Waals surface area contributed by atoms with Crippen LogP contribution in [0.2, 0.25) is 0 Å². The molecule has 2 aliphatic rings. The molecule has 4 nitrogen and oxygen atoms in total. The third-order valence-electron chi connectivity index (χ3n) is 4.76. The molecule has 1 aromatic rings. The predicted octanol–water partition coefficient (Wildman–Crippen LogP) is 2.48. The molecule has 1 saturated heterocycles. The molecule has 1 aliphatic carbocycles. The minimum atomic E-state index is -0.472. The number of aliphatic hydroxyl groups excluding tert-OH is 1. The molecule has 21 heavy (non-hydrogen) atoms. The van der Waals surface area contributed by atoms with E-state index in [2.05, 4.69) is 43.0 Å². The molecule has 0 aromatic heterocycles. The molecule has 116 valence electrons. The van der Waals surface area contributed by atoms with E-state index >= 15 is 0 Å². The molecule has 4 heteroatoms. The fraction of sp³-hybridized carbons (Fsp3) is 0.647. The molecular weight excluding hydrogens is 266 g/mol. The summed E-state index contributed by atoms with van der Waals surface area (Å²) in [5, 5.41) is 10.5. The highest BCUT2D eigenvalue weighted by Gasteiger charge is 2.46. The summed E-state index contributed by atoms with van der Waals surface area (Å²) in [4.78, 5) is 2.30. The average molecular weight is 291 g/mol. The lowest BCUT2D eigenvalue weighted by Crippen LogP contribution is -2.53. The maximum Gasteiger partial charge on any atom is 0.170 e. The van der Waals surface area contributed by atoms with Gasteiger partial charge in [-0.25, -0.2) is 0 Å². The van der Waals surface area contributed by atoms with Gasteiger partial charge in [0.2, 0.25) is 0 Å². The topological polar surface area (TPSA) is 41.9 Å². The van der Waals surface area contributed by atoms with Crippen molar-refractivity contribution < 1.29 is 14.6 Å². The Morgan fingerprint density at radius 1 is 1.29 bits per heavy atom. The maximum absolute atomic E-state index is 10.5. The molecule has 1 saturated carbocycles. The van der Waals surface area contributed by atoms with E-state index in [1.807, 2.05) is 0 Å². The number of benzene rings is 1. The van der Waals surface area contributed by atoms with Crippen molar-refractivity contribution >= 4 is 5.69 Å². The Kier molecular flexibility index (Phi) is 4.20. The van der Waals surface area contributed by atoms with E-state index in [-0.39, 0.29) is 12.1 Å². The number of aryl methyl sites for hydroxylation is 1. The Morgan fingerprint density at radius 2 is 2.00 bits per heavy atom. The Bertz CT molecular complexity index is 485. The van der Waals surface area contributed by atoms with Crippen molar-refractivity contribution in [3.05, 3.63) is 29.8 Å². The van der Waals surface area contributed by atoms with Gasteiger partial charge < -0.3 is 19.5 Å². The van der Waals surface area contributed by atoms with Gasteiger partial charge in [0.15, 0.2) is 5.79 Å². The van der Waals surface area contributed by atoms with E-state index in [1.54, 1.807) is 0 Å². The Morgan fingerprint density at radius 3 is 2.67 bits per heavy atom.